The Labute approximate surface area is 121 Å². The normalized spacial score (nSPS) is 21.9. The van der Waals surface area contributed by atoms with Crippen LogP contribution in [0.4, 0.5) is 11.4 Å². The molecule has 0 heterocycles. The van der Waals surface area contributed by atoms with Crippen LogP contribution in [0.2, 0.25) is 0 Å². The van der Waals surface area contributed by atoms with Crippen molar-refractivity contribution in [3.63, 3.8) is 0 Å². The van der Waals surface area contributed by atoms with Gasteiger partial charge in [0, 0.05) is 6.04 Å². The third-order valence-electron chi connectivity index (χ3n) is 3.93. The maximum absolute atomic E-state index is 11.8. The molecular weight excluding hydrogens is 274 g/mol. The van der Waals surface area contributed by atoms with Crippen LogP contribution in [0.25, 0.3) is 0 Å². The van der Waals surface area contributed by atoms with E-state index in [2.05, 4.69) is 23.9 Å². The summed E-state index contributed by atoms with van der Waals surface area (Å²) in [7, 11) is -2.04. The van der Waals surface area contributed by atoms with Crippen LogP contribution in [0.5, 0.6) is 0 Å². The summed E-state index contributed by atoms with van der Waals surface area (Å²) in [5.74, 6) is 0. The first-order chi connectivity index (χ1) is 9.23. The number of nitrogens with two attached hydrogens (primary N) is 1. The quantitative estimate of drug-likeness (QED) is 0.744. The van der Waals surface area contributed by atoms with Crippen molar-refractivity contribution in [2.45, 2.75) is 44.0 Å². The van der Waals surface area contributed by atoms with E-state index in [4.69, 9.17) is 5.73 Å². The van der Waals surface area contributed by atoms with Gasteiger partial charge in [0.15, 0.2) is 0 Å². The van der Waals surface area contributed by atoms with Crippen LogP contribution in [-0.2, 0) is 10.0 Å². The molecule has 1 aliphatic rings. The highest BCUT2D eigenvalue weighted by molar-refractivity contribution is 7.89. The third kappa shape index (κ3) is 3.24. The number of nitrogens with one attached hydrogen (secondary N) is 2. The molecule has 2 rings (SSSR count). The average Bonchev–Trinajstić information content (AvgIpc) is 2.71. The topological polar surface area (TPSA) is 84.2 Å². The fourth-order valence-corrected chi connectivity index (χ4v) is 3.48. The summed E-state index contributed by atoms with van der Waals surface area (Å²) in [6, 6.07) is 5.10. The second-order valence-corrected chi connectivity index (χ2v) is 8.09. The first-order valence-electron chi connectivity index (χ1n) is 6.83. The molecule has 112 valence electrons. The van der Waals surface area contributed by atoms with Crippen LogP contribution in [0.3, 0.4) is 0 Å². The number of hydrogen-bond donors (Lipinski definition) is 3. The van der Waals surface area contributed by atoms with E-state index in [0.717, 1.165) is 12.8 Å². The lowest BCUT2D eigenvalue weighted by Gasteiger charge is -2.20. The standard InChI is InChI=1S/C14H23N3O2S/c1-14(2)7-6-10(9-14)17-13-8-11(4-5-12(13)15)20(18,19)16-3/h4-5,8,10,16-17H,6-7,9,15H2,1-3H3. The molecule has 1 aromatic carbocycles. The van der Waals surface area contributed by atoms with Crippen molar-refractivity contribution in [2.24, 2.45) is 5.41 Å². The molecule has 1 saturated carbocycles. The lowest BCUT2D eigenvalue weighted by Crippen LogP contribution is -2.21. The summed E-state index contributed by atoms with van der Waals surface area (Å²) in [5, 5.41) is 3.38. The molecule has 0 radical (unpaired) electrons. The van der Waals surface area contributed by atoms with Gasteiger partial charge in [-0.25, -0.2) is 13.1 Å². The number of sulfonamides is 1. The monoisotopic (exact) mass is 297 g/mol. The van der Waals surface area contributed by atoms with Crippen molar-refractivity contribution >= 4 is 21.4 Å². The molecular formula is C14H23N3O2S. The summed E-state index contributed by atoms with van der Waals surface area (Å²) in [5.41, 5.74) is 7.55. The maximum Gasteiger partial charge on any atom is 0.240 e. The molecule has 20 heavy (non-hydrogen) atoms. The van der Waals surface area contributed by atoms with Crippen molar-refractivity contribution in [1.82, 2.24) is 4.72 Å². The Morgan fingerprint density at radius 3 is 2.60 bits per heavy atom. The summed E-state index contributed by atoms with van der Waals surface area (Å²) in [6.07, 6.45) is 3.31. The second kappa shape index (κ2) is 5.26. The Hall–Kier alpha value is -1.27. The molecule has 1 atom stereocenters. The minimum absolute atomic E-state index is 0.231. The first kappa shape index (κ1) is 15.1. The maximum atomic E-state index is 11.8. The molecule has 1 aliphatic carbocycles. The molecule has 1 fully saturated rings. The van der Waals surface area contributed by atoms with E-state index in [9.17, 15) is 8.42 Å². The van der Waals surface area contributed by atoms with Crippen LogP contribution in [-0.4, -0.2) is 21.5 Å². The first-order valence-corrected chi connectivity index (χ1v) is 8.31. The fraction of sp³-hybridized carbons (Fsp3) is 0.571. The summed E-state index contributed by atoms with van der Waals surface area (Å²) in [6.45, 7) is 4.50. The molecule has 5 nitrogen and oxygen atoms in total. The van der Waals surface area contributed by atoms with Crippen LogP contribution in [0.1, 0.15) is 33.1 Å². The fourth-order valence-electron chi connectivity index (χ4n) is 2.72. The predicted octanol–water partition coefficient (Wildman–Crippen LogP) is 2.17. The molecule has 1 aromatic rings. The van der Waals surface area contributed by atoms with Gasteiger partial charge in [0.2, 0.25) is 10.0 Å². The molecule has 0 bridgehead atoms. The minimum atomic E-state index is -3.44. The number of anilines is 2. The van der Waals surface area contributed by atoms with Gasteiger partial charge in [-0.05, 0) is 49.9 Å². The van der Waals surface area contributed by atoms with Crippen LogP contribution >= 0.6 is 0 Å². The Morgan fingerprint density at radius 2 is 2.05 bits per heavy atom. The lowest BCUT2D eigenvalue weighted by molar-refractivity contribution is 0.378. The zero-order chi connectivity index (χ0) is 15.0. The van der Waals surface area contributed by atoms with E-state index in [1.54, 1.807) is 12.1 Å². The van der Waals surface area contributed by atoms with Gasteiger partial charge in [-0.15, -0.1) is 0 Å². The number of rotatable bonds is 4. The van der Waals surface area contributed by atoms with E-state index in [0.29, 0.717) is 22.8 Å². The highest BCUT2D eigenvalue weighted by Gasteiger charge is 2.31. The van der Waals surface area contributed by atoms with Crippen molar-refractivity contribution in [3.8, 4) is 0 Å². The minimum Gasteiger partial charge on any atom is -0.397 e. The SMILES string of the molecule is CNS(=O)(=O)c1ccc(N)c(NC2CCC(C)(C)C2)c1. The summed E-state index contributed by atoms with van der Waals surface area (Å²) in [4.78, 5) is 0.231. The summed E-state index contributed by atoms with van der Waals surface area (Å²) >= 11 is 0. The van der Waals surface area contributed by atoms with Gasteiger partial charge in [0.05, 0.1) is 16.3 Å². The van der Waals surface area contributed by atoms with Gasteiger partial charge in [-0.1, -0.05) is 13.8 Å². The van der Waals surface area contributed by atoms with Gasteiger partial charge in [-0.2, -0.15) is 0 Å². The predicted molar refractivity (Wildman–Crippen MR) is 82.1 cm³/mol. The van der Waals surface area contributed by atoms with Gasteiger partial charge in [0.25, 0.3) is 0 Å². The molecule has 6 heteroatoms. The van der Waals surface area contributed by atoms with Gasteiger partial charge in [0.1, 0.15) is 0 Å². The highest BCUT2D eigenvalue weighted by atomic mass is 32.2. The summed E-state index contributed by atoms with van der Waals surface area (Å²) < 4.78 is 26.0. The lowest BCUT2D eigenvalue weighted by atomic mass is 9.92. The molecule has 0 aromatic heterocycles. The smallest absolute Gasteiger partial charge is 0.240 e. The van der Waals surface area contributed by atoms with Gasteiger partial charge in [-0.3, -0.25) is 0 Å². The zero-order valence-electron chi connectivity index (χ0n) is 12.2. The van der Waals surface area contributed by atoms with Gasteiger partial charge >= 0.3 is 0 Å². The average molecular weight is 297 g/mol. The molecule has 0 saturated heterocycles. The Kier molecular flexibility index (Phi) is 3.97. The Bertz CT molecular complexity index is 596. The molecule has 4 N–H and O–H groups in total. The van der Waals surface area contributed by atoms with Crippen LogP contribution in [0.15, 0.2) is 23.1 Å². The van der Waals surface area contributed by atoms with Gasteiger partial charge < -0.3 is 11.1 Å². The Morgan fingerprint density at radius 1 is 1.35 bits per heavy atom. The second-order valence-electron chi connectivity index (χ2n) is 6.20. The highest BCUT2D eigenvalue weighted by Crippen LogP contribution is 2.39. The number of benzene rings is 1. The van der Waals surface area contributed by atoms with E-state index in [-0.39, 0.29) is 4.90 Å². The molecule has 0 amide bonds. The van der Waals surface area contributed by atoms with Crippen molar-refractivity contribution in [1.29, 1.82) is 0 Å². The van der Waals surface area contributed by atoms with Crippen LogP contribution < -0.4 is 15.8 Å². The van der Waals surface area contributed by atoms with Crippen molar-refractivity contribution < 1.29 is 8.42 Å². The number of hydrogen-bond acceptors (Lipinski definition) is 4. The number of nitrogen functional groups attached to an aromatic ring is 1. The van der Waals surface area contributed by atoms with Crippen molar-refractivity contribution in [2.75, 3.05) is 18.1 Å². The Balaban J connectivity index is 2.22. The largest absolute Gasteiger partial charge is 0.397 e. The van der Waals surface area contributed by atoms with E-state index in [1.807, 2.05) is 0 Å². The molecule has 0 aliphatic heterocycles. The third-order valence-corrected chi connectivity index (χ3v) is 5.34. The van der Waals surface area contributed by atoms with E-state index < -0.39 is 10.0 Å². The molecule has 1 unspecified atom stereocenters. The van der Waals surface area contributed by atoms with Crippen LogP contribution in [0, 0.1) is 5.41 Å². The van der Waals surface area contributed by atoms with E-state index in [1.165, 1.54) is 19.5 Å². The zero-order valence-corrected chi connectivity index (χ0v) is 13.0. The van der Waals surface area contributed by atoms with E-state index >= 15 is 0 Å². The molecule has 0 spiro atoms. The van der Waals surface area contributed by atoms with Crippen molar-refractivity contribution in [3.05, 3.63) is 18.2 Å².